The van der Waals surface area contributed by atoms with Crippen LogP contribution in [0.25, 0.3) is 4.85 Å². The Bertz CT molecular complexity index is 1090. The van der Waals surface area contributed by atoms with Crippen molar-refractivity contribution in [1.82, 2.24) is 0 Å². The van der Waals surface area contributed by atoms with E-state index in [0.29, 0.717) is 13.2 Å². The highest BCUT2D eigenvalue weighted by Gasteiger charge is 2.52. The van der Waals surface area contributed by atoms with E-state index in [4.69, 9.17) is 20.8 Å². The number of rotatable bonds is 11. The van der Waals surface area contributed by atoms with Crippen molar-refractivity contribution in [1.29, 1.82) is 0 Å². The lowest BCUT2D eigenvalue weighted by Crippen LogP contribution is -2.49. The average Bonchev–Trinajstić information content (AvgIpc) is 3.36. The zero-order chi connectivity index (χ0) is 26.3. The van der Waals surface area contributed by atoms with Crippen LogP contribution in [-0.4, -0.2) is 41.5 Å². The molecule has 0 amide bonds. The van der Waals surface area contributed by atoms with Gasteiger partial charge in [0.1, 0.15) is 11.2 Å². The molecule has 0 saturated carbocycles. The molecule has 0 aliphatic carbocycles. The first-order chi connectivity index (χ1) is 18.7. The lowest BCUT2D eigenvalue weighted by molar-refractivity contribution is -0.152. The summed E-state index contributed by atoms with van der Waals surface area (Å²) < 4.78 is 21.0. The molecule has 0 N–H and O–H groups in total. The van der Waals surface area contributed by atoms with Crippen LogP contribution < -0.4 is 0 Å². The quantitative estimate of drug-likeness (QED) is 0.0727. The number of fused-ring (bicyclic) bond motifs is 1. The van der Waals surface area contributed by atoms with E-state index in [9.17, 15) is 0 Å². The van der Waals surface area contributed by atoms with Gasteiger partial charge in [0, 0.05) is 23.9 Å². The van der Waals surface area contributed by atoms with E-state index in [1.165, 1.54) is 0 Å². The normalized spacial score (nSPS) is 25.0. The molecule has 2 heterocycles. The molecule has 198 valence electrons. The first-order valence-electron chi connectivity index (χ1n) is 13.7. The number of ether oxygens (including phenoxy) is 3. The van der Waals surface area contributed by atoms with Crippen LogP contribution in [0.2, 0.25) is 0 Å². The van der Waals surface area contributed by atoms with Gasteiger partial charge in [0.2, 0.25) is 6.54 Å². The number of halogens is 1. The zero-order valence-electron chi connectivity index (χ0n) is 21.8. The number of nitrogens with zero attached hydrogens (tertiary/aromatic N) is 1. The summed E-state index contributed by atoms with van der Waals surface area (Å²) in [7, 11) is 0. The Morgan fingerprint density at radius 2 is 1.42 bits per heavy atom. The molecule has 5 heteroatoms. The number of benzene rings is 3. The van der Waals surface area contributed by atoms with Crippen LogP contribution >= 0.6 is 22.6 Å². The van der Waals surface area contributed by atoms with Crippen molar-refractivity contribution in [3.05, 3.63) is 119 Å². The first kappa shape index (κ1) is 27.3. The van der Waals surface area contributed by atoms with Crippen molar-refractivity contribution in [3.63, 3.8) is 0 Å². The van der Waals surface area contributed by atoms with Gasteiger partial charge in [0.05, 0.1) is 18.3 Å². The molecule has 4 atom stereocenters. The minimum atomic E-state index is -0.684. The molecule has 0 spiro atoms. The van der Waals surface area contributed by atoms with Gasteiger partial charge in [-0.25, -0.2) is 6.57 Å². The number of hydrogen-bond acceptors (Lipinski definition) is 3. The Labute approximate surface area is 240 Å². The maximum Gasteiger partial charge on any atom is 0.217 e. The van der Waals surface area contributed by atoms with Crippen LogP contribution in [0.3, 0.4) is 0 Å². The molecule has 2 aliphatic rings. The fourth-order valence-electron chi connectivity index (χ4n) is 6.16. The average molecular weight is 622 g/mol. The molecule has 0 radical (unpaired) electrons. The molecular formula is C33H36INO3. The van der Waals surface area contributed by atoms with E-state index in [2.05, 4.69) is 118 Å². The summed E-state index contributed by atoms with van der Waals surface area (Å²) in [4.78, 5) is 3.54. The fraction of sp³-hybridized carbons (Fsp3) is 0.424. The van der Waals surface area contributed by atoms with Crippen molar-refractivity contribution in [2.45, 2.75) is 68.0 Å². The highest BCUT2D eigenvalue weighted by molar-refractivity contribution is 14.1. The highest BCUT2D eigenvalue weighted by Crippen LogP contribution is 2.45. The fourth-order valence-corrected chi connectivity index (χ4v) is 7.15. The lowest BCUT2D eigenvalue weighted by Gasteiger charge is -2.40. The highest BCUT2D eigenvalue weighted by atomic mass is 127. The zero-order valence-corrected chi connectivity index (χ0v) is 24.0. The molecular weight excluding hydrogens is 585 g/mol. The van der Waals surface area contributed by atoms with Crippen molar-refractivity contribution >= 4 is 22.6 Å². The Hall–Kier alpha value is -2.24. The lowest BCUT2D eigenvalue weighted by atomic mass is 9.80. The second-order valence-corrected chi connectivity index (χ2v) is 11.2. The molecule has 0 bridgehead atoms. The summed E-state index contributed by atoms with van der Waals surface area (Å²) in [6.07, 6.45) is 6.14. The Morgan fingerprint density at radius 3 is 1.95 bits per heavy atom. The maximum atomic E-state index is 7.13. The third-order valence-electron chi connectivity index (χ3n) is 7.99. The maximum absolute atomic E-state index is 7.13. The van der Waals surface area contributed by atoms with Gasteiger partial charge < -0.3 is 19.1 Å². The van der Waals surface area contributed by atoms with Gasteiger partial charge in [-0.15, -0.1) is 0 Å². The molecule has 2 fully saturated rings. The smallest absolute Gasteiger partial charge is 0.217 e. The monoisotopic (exact) mass is 621 g/mol. The third-order valence-corrected chi connectivity index (χ3v) is 9.28. The molecule has 2 unspecified atom stereocenters. The van der Waals surface area contributed by atoms with Gasteiger partial charge in [-0.1, -0.05) is 114 Å². The predicted molar refractivity (Wildman–Crippen MR) is 159 cm³/mol. The van der Waals surface area contributed by atoms with Gasteiger partial charge in [-0.3, -0.25) is 0 Å². The van der Waals surface area contributed by atoms with Crippen molar-refractivity contribution in [2.24, 2.45) is 0 Å². The van der Waals surface area contributed by atoms with Crippen molar-refractivity contribution < 1.29 is 14.2 Å². The van der Waals surface area contributed by atoms with E-state index < -0.39 is 5.60 Å². The van der Waals surface area contributed by atoms with Crippen LogP contribution in [0.1, 0.15) is 55.2 Å². The Balaban J connectivity index is 1.30. The van der Waals surface area contributed by atoms with Crippen LogP contribution in [0.4, 0.5) is 0 Å². The summed E-state index contributed by atoms with van der Waals surface area (Å²) in [5, 5.41) is 0. The predicted octanol–water partition coefficient (Wildman–Crippen LogP) is 7.59. The summed E-state index contributed by atoms with van der Waals surface area (Å²) in [6.45, 7) is 8.29. The topological polar surface area (TPSA) is 32.0 Å². The Morgan fingerprint density at radius 1 is 0.842 bits per heavy atom. The van der Waals surface area contributed by atoms with E-state index >= 15 is 0 Å². The summed E-state index contributed by atoms with van der Waals surface area (Å²) in [6, 6.07) is 31.7. The molecule has 2 aliphatic heterocycles. The van der Waals surface area contributed by atoms with Crippen LogP contribution in [0, 0.1) is 6.57 Å². The largest absolute Gasteiger partial charge is 0.372 e. The van der Waals surface area contributed by atoms with E-state index in [-0.39, 0.29) is 23.9 Å². The first-order valence-corrected chi connectivity index (χ1v) is 15.3. The molecule has 3 aromatic carbocycles. The second-order valence-electron chi connectivity index (χ2n) is 10.4. The molecule has 3 aromatic rings. The van der Waals surface area contributed by atoms with Gasteiger partial charge in [0.25, 0.3) is 0 Å². The van der Waals surface area contributed by atoms with E-state index in [1.807, 2.05) is 0 Å². The minimum absolute atomic E-state index is 0.159. The van der Waals surface area contributed by atoms with E-state index in [0.717, 1.165) is 59.6 Å². The molecule has 0 aromatic heterocycles. The van der Waals surface area contributed by atoms with Crippen LogP contribution in [0.5, 0.6) is 0 Å². The van der Waals surface area contributed by atoms with Gasteiger partial charge in [0.15, 0.2) is 0 Å². The summed E-state index contributed by atoms with van der Waals surface area (Å²) in [5.74, 6) is 0. The van der Waals surface area contributed by atoms with Crippen LogP contribution in [-0.2, 0) is 19.8 Å². The van der Waals surface area contributed by atoms with Crippen molar-refractivity contribution in [2.75, 3.05) is 17.6 Å². The Kier molecular flexibility index (Phi) is 9.16. The van der Waals surface area contributed by atoms with Gasteiger partial charge >= 0.3 is 0 Å². The standard InChI is InChI=1S/C33H36INO3/c1-35-22-21-29-19-20-31-32(25-34,38-29)24-30(37-31)18-11-23-36-33(26-12-5-2-6-13-26,27-14-7-3-8-15-27)28-16-9-4-10-17-28/h2-10,12-17,29-31H,11,18-25H2/t29?,30-,31-,32?/m0/s1. The van der Waals surface area contributed by atoms with E-state index in [1.54, 1.807) is 0 Å². The summed E-state index contributed by atoms with van der Waals surface area (Å²) in [5.41, 5.74) is 2.49. The SMILES string of the molecule is [C-]#[N+]CCC1CC[C@@H]2O[C@@H](CCCOC(c3ccccc3)(c3ccccc3)c3ccccc3)CC2(CI)O1. The minimum Gasteiger partial charge on any atom is -0.372 e. The molecule has 5 rings (SSSR count). The van der Waals surface area contributed by atoms with Crippen LogP contribution in [0.15, 0.2) is 91.0 Å². The van der Waals surface area contributed by atoms with Gasteiger partial charge in [-0.05, 0) is 42.4 Å². The summed E-state index contributed by atoms with van der Waals surface area (Å²) >= 11 is 2.46. The number of hydrogen-bond donors (Lipinski definition) is 0. The number of alkyl halides is 1. The molecule has 38 heavy (non-hydrogen) atoms. The molecule has 4 nitrogen and oxygen atoms in total. The van der Waals surface area contributed by atoms with Crippen molar-refractivity contribution in [3.8, 4) is 0 Å². The third kappa shape index (κ3) is 5.70. The second kappa shape index (κ2) is 12.7. The molecule has 2 saturated heterocycles. The van der Waals surface area contributed by atoms with Gasteiger partial charge in [-0.2, -0.15) is 0 Å².